The minimum atomic E-state index is 0.511. The standard InChI is InChI=1S/C12H27N/c1-7-12(5,8-2)11(9-13-6)10(3)4/h10-11,13H,7-9H2,1-6H3. The van der Waals surface area contributed by atoms with Crippen LogP contribution < -0.4 is 5.32 Å². The Morgan fingerprint density at radius 3 is 1.85 bits per heavy atom. The lowest BCUT2D eigenvalue weighted by Gasteiger charge is -2.39. The fraction of sp³-hybridized carbons (Fsp3) is 1.00. The minimum Gasteiger partial charge on any atom is -0.319 e. The van der Waals surface area contributed by atoms with Crippen molar-refractivity contribution in [3.05, 3.63) is 0 Å². The third kappa shape index (κ3) is 3.30. The van der Waals surface area contributed by atoms with Crippen LogP contribution in [0.25, 0.3) is 0 Å². The Morgan fingerprint density at radius 1 is 1.15 bits per heavy atom. The van der Waals surface area contributed by atoms with Gasteiger partial charge in [-0.05, 0) is 30.8 Å². The molecule has 0 radical (unpaired) electrons. The average molecular weight is 185 g/mol. The van der Waals surface area contributed by atoms with Gasteiger partial charge in [0.1, 0.15) is 0 Å². The SMILES string of the molecule is CCC(C)(CC)C(CNC)C(C)C. The summed E-state index contributed by atoms with van der Waals surface area (Å²) in [6.07, 6.45) is 2.57. The summed E-state index contributed by atoms with van der Waals surface area (Å²) in [4.78, 5) is 0. The summed E-state index contributed by atoms with van der Waals surface area (Å²) in [5.41, 5.74) is 0.511. The van der Waals surface area contributed by atoms with Crippen molar-refractivity contribution in [3.63, 3.8) is 0 Å². The molecule has 0 spiro atoms. The predicted octanol–water partition coefficient (Wildman–Crippen LogP) is 3.30. The third-order valence-corrected chi connectivity index (χ3v) is 3.74. The van der Waals surface area contributed by atoms with E-state index in [-0.39, 0.29) is 0 Å². The van der Waals surface area contributed by atoms with Crippen LogP contribution in [-0.4, -0.2) is 13.6 Å². The lowest BCUT2D eigenvalue weighted by molar-refractivity contribution is 0.121. The van der Waals surface area contributed by atoms with Crippen LogP contribution in [0.3, 0.4) is 0 Å². The maximum absolute atomic E-state index is 3.32. The van der Waals surface area contributed by atoms with Gasteiger partial charge in [-0.2, -0.15) is 0 Å². The second-order valence-electron chi connectivity index (χ2n) is 4.77. The summed E-state index contributed by atoms with van der Waals surface area (Å²) in [6, 6.07) is 0. The monoisotopic (exact) mass is 185 g/mol. The number of nitrogens with one attached hydrogen (secondary N) is 1. The molecule has 0 saturated heterocycles. The molecule has 0 aromatic heterocycles. The van der Waals surface area contributed by atoms with E-state index in [1.54, 1.807) is 0 Å². The molecule has 80 valence electrons. The summed E-state index contributed by atoms with van der Waals surface area (Å²) in [5.74, 6) is 1.57. The summed E-state index contributed by atoms with van der Waals surface area (Å²) in [6.45, 7) is 12.9. The van der Waals surface area contributed by atoms with Gasteiger partial charge in [-0.1, -0.05) is 47.5 Å². The third-order valence-electron chi connectivity index (χ3n) is 3.74. The molecule has 0 aliphatic carbocycles. The smallest absolute Gasteiger partial charge is 0.00159 e. The maximum atomic E-state index is 3.32. The van der Waals surface area contributed by atoms with E-state index in [1.165, 1.54) is 12.8 Å². The van der Waals surface area contributed by atoms with Gasteiger partial charge in [-0.15, -0.1) is 0 Å². The highest BCUT2D eigenvalue weighted by atomic mass is 14.8. The molecule has 0 heterocycles. The van der Waals surface area contributed by atoms with Crippen molar-refractivity contribution in [2.24, 2.45) is 17.3 Å². The van der Waals surface area contributed by atoms with Gasteiger partial charge >= 0.3 is 0 Å². The van der Waals surface area contributed by atoms with Crippen LogP contribution in [0, 0.1) is 17.3 Å². The Balaban J connectivity index is 4.48. The van der Waals surface area contributed by atoms with E-state index >= 15 is 0 Å². The zero-order valence-corrected chi connectivity index (χ0v) is 10.3. The quantitative estimate of drug-likeness (QED) is 0.669. The molecule has 0 fully saturated rings. The van der Waals surface area contributed by atoms with Gasteiger partial charge in [-0.25, -0.2) is 0 Å². The largest absolute Gasteiger partial charge is 0.319 e. The lowest BCUT2D eigenvalue weighted by Crippen LogP contribution is -2.37. The van der Waals surface area contributed by atoms with Gasteiger partial charge < -0.3 is 5.32 Å². The van der Waals surface area contributed by atoms with Crippen molar-refractivity contribution in [1.29, 1.82) is 0 Å². The number of hydrogen-bond acceptors (Lipinski definition) is 1. The Hall–Kier alpha value is -0.0400. The molecular formula is C12H27N. The predicted molar refractivity (Wildman–Crippen MR) is 60.9 cm³/mol. The van der Waals surface area contributed by atoms with E-state index in [0.717, 1.165) is 18.4 Å². The van der Waals surface area contributed by atoms with E-state index in [2.05, 4.69) is 47.0 Å². The molecule has 1 heteroatoms. The summed E-state index contributed by atoms with van der Waals surface area (Å²) in [5, 5.41) is 3.32. The molecule has 1 unspecified atom stereocenters. The second-order valence-corrected chi connectivity index (χ2v) is 4.77. The lowest BCUT2D eigenvalue weighted by atomic mass is 9.68. The molecule has 0 saturated carbocycles. The highest BCUT2D eigenvalue weighted by Crippen LogP contribution is 2.38. The van der Waals surface area contributed by atoms with E-state index in [9.17, 15) is 0 Å². The van der Waals surface area contributed by atoms with Crippen LogP contribution in [-0.2, 0) is 0 Å². The van der Waals surface area contributed by atoms with Crippen molar-refractivity contribution in [2.45, 2.75) is 47.5 Å². The highest BCUT2D eigenvalue weighted by Gasteiger charge is 2.32. The van der Waals surface area contributed by atoms with Crippen LogP contribution in [0.15, 0.2) is 0 Å². The van der Waals surface area contributed by atoms with E-state index in [0.29, 0.717) is 5.41 Å². The maximum Gasteiger partial charge on any atom is -0.00159 e. The molecule has 0 aromatic carbocycles. The van der Waals surface area contributed by atoms with Crippen molar-refractivity contribution in [3.8, 4) is 0 Å². The summed E-state index contributed by atoms with van der Waals surface area (Å²) < 4.78 is 0. The first kappa shape index (κ1) is 13.0. The van der Waals surface area contributed by atoms with Crippen LogP contribution >= 0.6 is 0 Å². The highest BCUT2D eigenvalue weighted by molar-refractivity contribution is 4.83. The Kier molecular flexibility index (Phi) is 5.62. The molecular weight excluding hydrogens is 158 g/mol. The zero-order chi connectivity index (χ0) is 10.5. The first-order valence-corrected chi connectivity index (χ1v) is 5.66. The van der Waals surface area contributed by atoms with Gasteiger partial charge in [-0.3, -0.25) is 0 Å². The molecule has 13 heavy (non-hydrogen) atoms. The van der Waals surface area contributed by atoms with Crippen molar-refractivity contribution < 1.29 is 0 Å². The molecule has 0 rings (SSSR count). The molecule has 1 nitrogen and oxygen atoms in total. The van der Waals surface area contributed by atoms with Crippen molar-refractivity contribution >= 4 is 0 Å². The van der Waals surface area contributed by atoms with Gasteiger partial charge in [0.05, 0.1) is 0 Å². The fourth-order valence-corrected chi connectivity index (χ4v) is 2.28. The molecule has 0 bridgehead atoms. The van der Waals surface area contributed by atoms with Gasteiger partial charge in [0.15, 0.2) is 0 Å². The van der Waals surface area contributed by atoms with Crippen LogP contribution in [0.1, 0.15) is 47.5 Å². The average Bonchev–Trinajstić information content (AvgIpc) is 2.12. The Morgan fingerprint density at radius 2 is 1.62 bits per heavy atom. The van der Waals surface area contributed by atoms with Gasteiger partial charge in [0.2, 0.25) is 0 Å². The topological polar surface area (TPSA) is 12.0 Å². The fourth-order valence-electron chi connectivity index (χ4n) is 2.28. The number of hydrogen-bond donors (Lipinski definition) is 1. The van der Waals surface area contributed by atoms with Crippen LogP contribution in [0.2, 0.25) is 0 Å². The normalized spacial score (nSPS) is 15.0. The van der Waals surface area contributed by atoms with Crippen molar-refractivity contribution in [2.75, 3.05) is 13.6 Å². The van der Waals surface area contributed by atoms with Crippen LogP contribution in [0.4, 0.5) is 0 Å². The first-order chi connectivity index (χ1) is 6.01. The van der Waals surface area contributed by atoms with E-state index < -0.39 is 0 Å². The van der Waals surface area contributed by atoms with Crippen LogP contribution in [0.5, 0.6) is 0 Å². The zero-order valence-electron chi connectivity index (χ0n) is 10.3. The van der Waals surface area contributed by atoms with Crippen molar-refractivity contribution in [1.82, 2.24) is 5.32 Å². The first-order valence-electron chi connectivity index (χ1n) is 5.66. The molecule has 0 amide bonds. The molecule has 0 aromatic rings. The Labute approximate surface area is 84.3 Å². The number of rotatable bonds is 6. The molecule has 1 N–H and O–H groups in total. The van der Waals surface area contributed by atoms with E-state index in [4.69, 9.17) is 0 Å². The molecule has 0 aliphatic heterocycles. The molecule has 1 atom stereocenters. The van der Waals surface area contributed by atoms with Gasteiger partial charge in [0.25, 0.3) is 0 Å². The summed E-state index contributed by atoms with van der Waals surface area (Å²) >= 11 is 0. The van der Waals surface area contributed by atoms with E-state index in [1.807, 2.05) is 0 Å². The molecule has 0 aliphatic rings. The summed E-state index contributed by atoms with van der Waals surface area (Å²) in [7, 11) is 2.06. The Bertz CT molecular complexity index is 125. The minimum absolute atomic E-state index is 0.511. The second kappa shape index (κ2) is 5.64. The van der Waals surface area contributed by atoms with Gasteiger partial charge in [0, 0.05) is 0 Å².